The molecule has 2 N–H and O–H groups in total. The van der Waals surface area contributed by atoms with E-state index in [2.05, 4.69) is 26.8 Å². The number of hydrogen-bond donors (Lipinski definition) is 2. The molecule has 0 aliphatic rings. The second-order valence-electron chi connectivity index (χ2n) is 5.50. The number of aromatic hydroxyl groups is 2. The van der Waals surface area contributed by atoms with Crippen molar-refractivity contribution >= 4 is 0 Å². The van der Waals surface area contributed by atoms with Gasteiger partial charge in [-0.25, -0.2) is 0 Å². The van der Waals surface area contributed by atoms with Crippen LogP contribution in [0.2, 0.25) is 0 Å². The van der Waals surface area contributed by atoms with Crippen molar-refractivity contribution in [1.82, 2.24) is 0 Å². The molecule has 0 atom stereocenters. The molecule has 2 aromatic carbocycles. The van der Waals surface area contributed by atoms with Crippen LogP contribution in [-0.2, 0) is 5.41 Å². The molecule has 0 saturated carbocycles. The smallest absolute Gasteiger partial charge is 0.123 e. The van der Waals surface area contributed by atoms with Crippen molar-refractivity contribution < 1.29 is 10.2 Å². The van der Waals surface area contributed by atoms with E-state index >= 15 is 0 Å². The second kappa shape index (κ2) is 4.37. The first-order chi connectivity index (χ1) is 8.39. The van der Waals surface area contributed by atoms with E-state index in [9.17, 15) is 10.2 Å². The van der Waals surface area contributed by atoms with E-state index in [0.29, 0.717) is 5.56 Å². The van der Waals surface area contributed by atoms with Gasteiger partial charge in [0.2, 0.25) is 0 Å². The fraction of sp³-hybridized carbons (Fsp3) is 0.250. The molecule has 0 bridgehead atoms. The van der Waals surface area contributed by atoms with Crippen molar-refractivity contribution in [3.05, 3.63) is 48.0 Å². The molecule has 0 amide bonds. The Morgan fingerprint density at radius 2 is 1.50 bits per heavy atom. The van der Waals surface area contributed by atoms with Gasteiger partial charge in [0.1, 0.15) is 11.5 Å². The molecule has 0 saturated heterocycles. The zero-order valence-electron chi connectivity index (χ0n) is 10.9. The van der Waals surface area contributed by atoms with Crippen molar-refractivity contribution in [2.24, 2.45) is 0 Å². The molecule has 0 spiro atoms. The number of hydrogen-bond acceptors (Lipinski definition) is 2. The van der Waals surface area contributed by atoms with Crippen LogP contribution in [0.3, 0.4) is 0 Å². The van der Waals surface area contributed by atoms with Gasteiger partial charge in [-0.3, -0.25) is 0 Å². The summed E-state index contributed by atoms with van der Waals surface area (Å²) < 4.78 is 0. The van der Waals surface area contributed by atoms with Gasteiger partial charge in [0, 0.05) is 5.56 Å². The Morgan fingerprint density at radius 1 is 0.833 bits per heavy atom. The third-order valence-electron chi connectivity index (χ3n) is 3.01. The summed E-state index contributed by atoms with van der Waals surface area (Å²) in [6.45, 7) is 6.39. The molecule has 0 aliphatic heterocycles. The van der Waals surface area contributed by atoms with Crippen LogP contribution in [0.5, 0.6) is 11.5 Å². The highest BCUT2D eigenvalue weighted by Crippen LogP contribution is 2.38. The normalized spacial score (nSPS) is 11.5. The minimum Gasteiger partial charge on any atom is -0.508 e. The van der Waals surface area contributed by atoms with Crippen LogP contribution < -0.4 is 0 Å². The molecule has 94 valence electrons. The average molecular weight is 242 g/mol. The zero-order chi connectivity index (χ0) is 13.3. The summed E-state index contributed by atoms with van der Waals surface area (Å²) in [4.78, 5) is 0. The van der Waals surface area contributed by atoms with Gasteiger partial charge >= 0.3 is 0 Å². The predicted octanol–water partition coefficient (Wildman–Crippen LogP) is 4.06. The lowest BCUT2D eigenvalue weighted by atomic mass is 9.81. The summed E-state index contributed by atoms with van der Waals surface area (Å²) in [6, 6.07) is 12.6. The molecule has 0 unspecified atom stereocenters. The molecular formula is C16H18O2. The molecule has 0 fully saturated rings. The maximum absolute atomic E-state index is 9.97. The summed E-state index contributed by atoms with van der Waals surface area (Å²) in [6.07, 6.45) is 0. The Morgan fingerprint density at radius 3 is 2.17 bits per heavy atom. The Labute approximate surface area is 108 Å². The van der Waals surface area contributed by atoms with Crippen LogP contribution in [0.4, 0.5) is 0 Å². The summed E-state index contributed by atoms with van der Waals surface area (Å²) >= 11 is 0. The number of benzene rings is 2. The van der Waals surface area contributed by atoms with Crippen LogP contribution in [0.25, 0.3) is 11.1 Å². The quantitative estimate of drug-likeness (QED) is 0.740. The molecule has 2 aromatic rings. The van der Waals surface area contributed by atoms with Crippen LogP contribution in [0.15, 0.2) is 42.5 Å². The van der Waals surface area contributed by atoms with Gasteiger partial charge in [-0.1, -0.05) is 45.0 Å². The fourth-order valence-electron chi connectivity index (χ4n) is 2.11. The SMILES string of the molecule is CC(C)(C)c1ccccc1-c1cc(O)ccc1O. The first kappa shape index (κ1) is 12.5. The molecule has 0 aliphatic carbocycles. The van der Waals surface area contributed by atoms with E-state index in [1.807, 2.05) is 18.2 Å². The van der Waals surface area contributed by atoms with E-state index in [1.54, 1.807) is 6.07 Å². The van der Waals surface area contributed by atoms with Crippen LogP contribution >= 0.6 is 0 Å². The molecule has 2 rings (SSSR count). The maximum atomic E-state index is 9.97. The van der Waals surface area contributed by atoms with Gasteiger partial charge in [-0.2, -0.15) is 0 Å². The Bertz CT molecular complexity index is 566. The van der Waals surface area contributed by atoms with Gasteiger partial charge in [0.25, 0.3) is 0 Å². The standard InChI is InChI=1S/C16H18O2/c1-16(2,3)14-7-5-4-6-12(14)13-10-11(17)8-9-15(13)18/h4-10,17-18H,1-3H3. The number of phenols is 2. The molecule has 18 heavy (non-hydrogen) atoms. The van der Waals surface area contributed by atoms with E-state index in [1.165, 1.54) is 12.1 Å². The monoisotopic (exact) mass is 242 g/mol. The van der Waals surface area contributed by atoms with Crippen molar-refractivity contribution in [1.29, 1.82) is 0 Å². The van der Waals surface area contributed by atoms with E-state index in [0.717, 1.165) is 11.1 Å². The Hall–Kier alpha value is -1.96. The molecular weight excluding hydrogens is 224 g/mol. The summed E-state index contributed by atoms with van der Waals surface area (Å²) in [7, 11) is 0. The van der Waals surface area contributed by atoms with Crippen molar-refractivity contribution in [3.8, 4) is 22.6 Å². The molecule has 0 heterocycles. The van der Waals surface area contributed by atoms with Gasteiger partial charge in [-0.15, -0.1) is 0 Å². The lowest BCUT2D eigenvalue weighted by molar-refractivity contribution is 0.461. The largest absolute Gasteiger partial charge is 0.508 e. The summed E-state index contributed by atoms with van der Waals surface area (Å²) in [5.41, 5.74) is 2.75. The molecule has 2 heteroatoms. The van der Waals surface area contributed by atoms with E-state index in [-0.39, 0.29) is 16.9 Å². The third kappa shape index (κ3) is 2.33. The number of rotatable bonds is 1. The Kier molecular flexibility index (Phi) is 3.04. The van der Waals surface area contributed by atoms with Gasteiger partial charge in [0.15, 0.2) is 0 Å². The lowest BCUT2D eigenvalue weighted by Gasteiger charge is -2.23. The van der Waals surface area contributed by atoms with E-state index < -0.39 is 0 Å². The molecule has 0 aromatic heterocycles. The van der Waals surface area contributed by atoms with Crippen molar-refractivity contribution in [3.63, 3.8) is 0 Å². The van der Waals surface area contributed by atoms with Gasteiger partial charge < -0.3 is 10.2 Å². The second-order valence-corrected chi connectivity index (χ2v) is 5.50. The molecule has 0 radical (unpaired) electrons. The highest BCUT2D eigenvalue weighted by atomic mass is 16.3. The zero-order valence-corrected chi connectivity index (χ0v) is 10.9. The van der Waals surface area contributed by atoms with Crippen LogP contribution in [0, 0.1) is 0 Å². The maximum Gasteiger partial charge on any atom is 0.123 e. The predicted molar refractivity (Wildman–Crippen MR) is 73.9 cm³/mol. The molecule has 2 nitrogen and oxygen atoms in total. The summed E-state index contributed by atoms with van der Waals surface area (Å²) in [5.74, 6) is 0.344. The van der Waals surface area contributed by atoms with Gasteiger partial charge in [0.05, 0.1) is 0 Å². The first-order valence-corrected chi connectivity index (χ1v) is 6.01. The highest BCUT2D eigenvalue weighted by Gasteiger charge is 2.19. The number of phenolic OH excluding ortho intramolecular Hbond substituents is 2. The van der Waals surface area contributed by atoms with Crippen LogP contribution in [-0.4, -0.2) is 10.2 Å². The lowest BCUT2D eigenvalue weighted by Crippen LogP contribution is -2.12. The third-order valence-corrected chi connectivity index (χ3v) is 3.01. The first-order valence-electron chi connectivity index (χ1n) is 6.01. The Balaban J connectivity index is 2.68. The fourth-order valence-corrected chi connectivity index (χ4v) is 2.11. The minimum atomic E-state index is -0.0194. The highest BCUT2D eigenvalue weighted by molar-refractivity contribution is 5.75. The van der Waals surface area contributed by atoms with Crippen LogP contribution in [0.1, 0.15) is 26.3 Å². The topological polar surface area (TPSA) is 40.5 Å². The van der Waals surface area contributed by atoms with Gasteiger partial charge in [-0.05, 0) is 34.7 Å². The summed E-state index contributed by atoms with van der Waals surface area (Å²) in [5, 5.41) is 19.5. The minimum absolute atomic E-state index is 0.0194. The van der Waals surface area contributed by atoms with E-state index in [4.69, 9.17) is 0 Å². The van der Waals surface area contributed by atoms with Crippen molar-refractivity contribution in [2.45, 2.75) is 26.2 Å². The average Bonchev–Trinajstić information content (AvgIpc) is 2.31. The van der Waals surface area contributed by atoms with Crippen molar-refractivity contribution in [2.75, 3.05) is 0 Å².